The molecule has 19 heavy (non-hydrogen) atoms. The Balaban J connectivity index is 0.000000117. The molecule has 2 heterocycles. The number of aromatic amines is 1. The second-order valence-corrected chi connectivity index (χ2v) is 4.72. The van der Waals surface area contributed by atoms with E-state index in [9.17, 15) is 4.79 Å². The van der Waals surface area contributed by atoms with E-state index in [0.717, 1.165) is 11.0 Å². The van der Waals surface area contributed by atoms with Crippen molar-refractivity contribution in [3.05, 3.63) is 64.6 Å². The lowest BCUT2D eigenvalue weighted by molar-refractivity contribution is 0.555. The zero-order valence-corrected chi connectivity index (χ0v) is 10.7. The summed E-state index contributed by atoms with van der Waals surface area (Å²) < 4.78 is 6.02. The van der Waals surface area contributed by atoms with Crippen LogP contribution in [0.15, 0.2) is 63.3 Å². The molecule has 4 nitrogen and oxygen atoms in total. The molecule has 2 aromatic carbocycles. The molecule has 94 valence electrons. The summed E-state index contributed by atoms with van der Waals surface area (Å²) in [7, 11) is 0. The number of benzene rings is 2. The maximum absolute atomic E-state index is 10.6. The number of oxazole rings is 1. The Hall–Kier alpha value is -2.40. The van der Waals surface area contributed by atoms with Crippen LogP contribution in [0.4, 0.5) is 0 Å². The molecule has 0 unspecified atom stereocenters. The third-order valence-corrected chi connectivity index (χ3v) is 3.37. The number of hydrogen-bond donors (Lipinski definition) is 1. The van der Waals surface area contributed by atoms with Gasteiger partial charge < -0.3 is 4.42 Å². The Bertz CT molecular complexity index is 794. The summed E-state index contributed by atoms with van der Waals surface area (Å²) in [6.07, 6.45) is 0. The third-order valence-electron chi connectivity index (χ3n) is 2.56. The van der Waals surface area contributed by atoms with Crippen molar-refractivity contribution in [2.45, 2.75) is 0 Å². The van der Waals surface area contributed by atoms with Crippen molar-refractivity contribution in [2.75, 3.05) is 0 Å². The Kier molecular flexibility index (Phi) is 3.12. The van der Waals surface area contributed by atoms with Crippen molar-refractivity contribution in [1.29, 1.82) is 0 Å². The molecule has 0 saturated heterocycles. The number of fused-ring (bicyclic) bond motifs is 2. The number of hydrogen-bond acceptors (Lipinski definition) is 4. The van der Waals surface area contributed by atoms with Gasteiger partial charge in [0.1, 0.15) is 0 Å². The quantitative estimate of drug-likeness (QED) is 0.532. The van der Waals surface area contributed by atoms with Gasteiger partial charge in [-0.3, -0.25) is 4.98 Å². The average molecular weight is 270 g/mol. The Labute approximate surface area is 112 Å². The molecule has 0 saturated carbocycles. The van der Waals surface area contributed by atoms with E-state index in [1.54, 1.807) is 23.5 Å². The van der Waals surface area contributed by atoms with Crippen LogP contribution >= 0.6 is 11.3 Å². The van der Waals surface area contributed by atoms with Gasteiger partial charge in [-0.25, -0.2) is 9.78 Å². The van der Waals surface area contributed by atoms with Crippen LogP contribution in [-0.2, 0) is 0 Å². The highest BCUT2D eigenvalue weighted by Gasteiger charge is 1.95. The summed E-state index contributed by atoms with van der Waals surface area (Å²) >= 11 is 1.68. The number of thiazole rings is 1. The molecule has 0 aliphatic carbocycles. The Morgan fingerprint density at radius 1 is 1.05 bits per heavy atom. The summed E-state index contributed by atoms with van der Waals surface area (Å²) in [4.78, 5) is 17.2. The molecule has 0 aliphatic heterocycles. The minimum absolute atomic E-state index is 0.402. The number of nitrogens with zero attached hydrogens (tertiary/aromatic N) is 1. The molecule has 4 aromatic rings. The van der Waals surface area contributed by atoms with E-state index in [1.165, 1.54) is 4.70 Å². The lowest BCUT2D eigenvalue weighted by Crippen LogP contribution is -1.92. The molecular formula is C14H10N2O2S. The SMILES string of the molecule is O=c1[nH]c2ccccc2o1.c1ccc2scnc2c1. The summed E-state index contributed by atoms with van der Waals surface area (Å²) in [6.45, 7) is 0. The molecule has 0 amide bonds. The smallest absolute Gasteiger partial charge is 0.408 e. The van der Waals surface area contributed by atoms with Crippen LogP contribution in [0.25, 0.3) is 21.3 Å². The van der Waals surface area contributed by atoms with E-state index >= 15 is 0 Å². The first kappa shape index (κ1) is 11.7. The lowest BCUT2D eigenvalue weighted by atomic mass is 10.3. The lowest BCUT2D eigenvalue weighted by Gasteiger charge is -1.80. The number of para-hydroxylation sites is 3. The summed E-state index contributed by atoms with van der Waals surface area (Å²) in [5.41, 5.74) is 4.31. The van der Waals surface area contributed by atoms with E-state index in [4.69, 9.17) is 4.42 Å². The van der Waals surface area contributed by atoms with E-state index in [2.05, 4.69) is 16.0 Å². The molecule has 1 N–H and O–H groups in total. The van der Waals surface area contributed by atoms with Gasteiger partial charge in [-0.1, -0.05) is 24.3 Å². The largest absolute Gasteiger partial charge is 0.417 e. The zero-order chi connectivity index (χ0) is 13.1. The van der Waals surface area contributed by atoms with Crippen LogP contribution in [0.1, 0.15) is 0 Å². The maximum Gasteiger partial charge on any atom is 0.417 e. The molecule has 0 spiro atoms. The summed E-state index contributed by atoms with van der Waals surface area (Å²) in [5, 5.41) is 0. The number of H-pyrrole nitrogens is 1. The predicted octanol–water partition coefficient (Wildman–Crippen LogP) is 3.42. The number of rotatable bonds is 0. The standard InChI is InChI=1S/C7H5NO2.C7H5NS/c9-7-8-5-3-1-2-4-6(5)10-7;1-2-4-7-6(3-1)8-5-9-7/h1-4H,(H,8,9);1-5H. The van der Waals surface area contributed by atoms with E-state index in [1.807, 2.05) is 35.8 Å². The maximum atomic E-state index is 10.6. The minimum atomic E-state index is -0.402. The Morgan fingerprint density at radius 3 is 2.68 bits per heavy atom. The van der Waals surface area contributed by atoms with Crippen molar-refractivity contribution < 1.29 is 4.42 Å². The van der Waals surface area contributed by atoms with Crippen LogP contribution in [0.5, 0.6) is 0 Å². The van der Waals surface area contributed by atoms with Gasteiger partial charge in [0.15, 0.2) is 5.58 Å². The van der Waals surface area contributed by atoms with Gasteiger partial charge >= 0.3 is 5.76 Å². The molecular weight excluding hydrogens is 260 g/mol. The first-order valence-corrected chi connectivity index (χ1v) is 6.57. The van der Waals surface area contributed by atoms with Crippen molar-refractivity contribution >= 4 is 32.7 Å². The molecule has 0 fully saturated rings. The third kappa shape index (κ3) is 2.56. The second kappa shape index (κ2) is 5.07. The normalized spacial score (nSPS) is 10.3. The fourth-order valence-corrected chi connectivity index (χ4v) is 2.38. The molecule has 0 aliphatic rings. The van der Waals surface area contributed by atoms with Gasteiger partial charge in [0, 0.05) is 0 Å². The zero-order valence-electron chi connectivity index (χ0n) is 9.87. The van der Waals surface area contributed by atoms with E-state index in [0.29, 0.717) is 5.58 Å². The van der Waals surface area contributed by atoms with Gasteiger partial charge in [0.2, 0.25) is 0 Å². The van der Waals surface area contributed by atoms with Gasteiger partial charge in [0.05, 0.1) is 21.2 Å². The van der Waals surface area contributed by atoms with Crippen molar-refractivity contribution in [2.24, 2.45) is 0 Å². The van der Waals surface area contributed by atoms with Crippen LogP contribution < -0.4 is 5.76 Å². The van der Waals surface area contributed by atoms with Crippen LogP contribution in [-0.4, -0.2) is 9.97 Å². The average Bonchev–Trinajstić information content (AvgIpc) is 3.03. The van der Waals surface area contributed by atoms with Crippen LogP contribution in [0, 0.1) is 0 Å². The highest BCUT2D eigenvalue weighted by molar-refractivity contribution is 7.16. The summed E-state index contributed by atoms with van der Waals surface area (Å²) in [5.74, 6) is -0.402. The highest BCUT2D eigenvalue weighted by Crippen LogP contribution is 2.15. The summed E-state index contributed by atoms with van der Waals surface area (Å²) in [6, 6.07) is 15.3. The van der Waals surface area contributed by atoms with Crippen molar-refractivity contribution in [1.82, 2.24) is 9.97 Å². The highest BCUT2D eigenvalue weighted by atomic mass is 32.1. The van der Waals surface area contributed by atoms with E-state index in [-0.39, 0.29) is 0 Å². The molecule has 2 aromatic heterocycles. The fraction of sp³-hybridized carbons (Fsp3) is 0. The van der Waals surface area contributed by atoms with Gasteiger partial charge in [0.25, 0.3) is 0 Å². The molecule has 5 heteroatoms. The number of nitrogens with one attached hydrogen (secondary N) is 1. The van der Waals surface area contributed by atoms with Crippen LogP contribution in [0.3, 0.4) is 0 Å². The monoisotopic (exact) mass is 270 g/mol. The Morgan fingerprint density at radius 2 is 1.84 bits per heavy atom. The molecule has 0 atom stereocenters. The minimum Gasteiger partial charge on any atom is -0.408 e. The second-order valence-electron chi connectivity index (χ2n) is 3.83. The first-order chi connectivity index (χ1) is 9.33. The van der Waals surface area contributed by atoms with E-state index < -0.39 is 5.76 Å². The molecule has 0 bridgehead atoms. The number of aromatic nitrogens is 2. The molecule has 4 rings (SSSR count). The predicted molar refractivity (Wildman–Crippen MR) is 76.5 cm³/mol. The van der Waals surface area contributed by atoms with Gasteiger partial charge in [-0.2, -0.15) is 0 Å². The van der Waals surface area contributed by atoms with Crippen molar-refractivity contribution in [3.8, 4) is 0 Å². The topological polar surface area (TPSA) is 58.9 Å². The van der Waals surface area contributed by atoms with Gasteiger partial charge in [-0.05, 0) is 24.3 Å². The van der Waals surface area contributed by atoms with Crippen molar-refractivity contribution in [3.63, 3.8) is 0 Å². The van der Waals surface area contributed by atoms with Crippen LogP contribution in [0.2, 0.25) is 0 Å². The van der Waals surface area contributed by atoms with Gasteiger partial charge in [-0.15, -0.1) is 11.3 Å². The first-order valence-electron chi connectivity index (χ1n) is 5.69. The fourth-order valence-electron chi connectivity index (χ4n) is 1.70. The molecule has 0 radical (unpaired) electrons.